The van der Waals surface area contributed by atoms with Crippen LogP contribution in [0.5, 0.6) is 0 Å². The number of anilines is 1. The van der Waals surface area contributed by atoms with Gasteiger partial charge in [0.2, 0.25) is 0 Å². The molecule has 3 heterocycles. The smallest absolute Gasteiger partial charge is 0.151 e. The molecule has 1 N–H and O–H groups in total. The fraction of sp³-hybridized carbons (Fsp3) is 0.533. The van der Waals surface area contributed by atoms with Crippen LogP contribution in [0.2, 0.25) is 0 Å². The summed E-state index contributed by atoms with van der Waals surface area (Å²) in [5, 5.41) is 15.1. The normalized spacial score (nSPS) is 18.3. The van der Waals surface area contributed by atoms with Gasteiger partial charge in [-0.05, 0) is 31.4 Å². The van der Waals surface area contributed by atoms with Crippen molar-refractivity contribution in [2.24, 2.45) is 0 Å². The number of hydrogen-bond donors (Lipinski definition) is 1. The second-order valence-corrected chi connectivity index (χ2v) is 6.23. The topological polar surface area (TPSA) is 53.9 Å². The number of aromatic nitrogens is 3. The van der Waals surface area contributed by atoms with Crippen molar-refractivity contribution in [1.82, 2.24) is 20.5 Å². The van der Waals surface area contributed by atoms with Crippen LogP contribution in [0.3, 0.4) is 0 Å². The Balaban J connectivity index is 1.52. The largest absolute Gasteiger partial charge is 0.351 e. The third kappa shape index (κ3) is 3.57. The standard InChI is InChI=1S/C15H21N5S/c1-2-15-18-12(11-21-15)9-16-10-13-5-4-8-20(13)14-6-3-7-17-19-14/h3,6-7,11,13,16H,2,4-5,8-10H2,1H3/t13-/m1/s1. The second kappa shape index (κ2) is 6.95. The van der Waals surface area contributed by atoms with Crippen LogP contribution >= 0.6 is 11.3 Å². The number of aryl methyl sites for hydroxylation is 1. The highest BCUT2D eigenvalue weighted by molar-refractivity contribution is 7.09. The zero-order chi connectivity index (χ0) is 14.5. The maximum atomic E-state index is 4.59. The predicted octanol–water partition coefficient (Wildman–Crippen LogP) is 2.25. The van der Waals surface area contributed by atoms with Gasteiger partial charge < -0.3 is 10.2 Å². The summed E-state index contributed by atoms with van der Waals surface area (Å²) in [5.74, 6) is 0.990. The molecule has 1 aliphatic heterocycles. The highest BCUT2D eigenvalue weighted by Gasteiger charge is 2.25. The Bertz CT molecular complexity index is 556. The highest BCUT2D eigenvalue weighted by Crippen LogP contribution is 2.22. The molecule has 0 bridgehead atoms. The first kappa shape index (κ1) is 14.4. The Morgan fingerprint density at radius 1 is 1.48 bits per heavy atom. The minimum absolute atomic E-state index is 0.506. The van der Waals surface area contributed by atoms with E-state index in [0.29, 0.717) is 6.04 Å². The van der Waals surface area contributed by atoms with E-state index in [1.807, 2.05) is 12.1 Å². The van der Waals surface area contributed by atoms with Gasteiger partial charge in [0, 0.05) is 37.3 Å². The Morgan fingerprint density at radius 3 is 3.19 bits per heavy atom. The lowest BCUT2D eigenvalue weighted by Gasteiger charge is -2.25. The number of rotatable bonds is 6. The molecule has 0 saturated carbocycles. The van der Waals surface area contributed by atoms with E-state index in [4.69, 9.17) is 0 Å². The molecule has 3 rings (SSSR count). The molecule has 2 aromatic rings. The van der Waals surface area contributed by atoms with Crippen LogP contribution in [0.15, 0.2) is 23.7 Å². The predicted molar refractivity (Wildman–Crippen MR) is 85.6 cm³/mol. The maximum absolute atomic E-state index is 4.59. The highest BCUT2D eigenvalue weighted by atomic mass is 32.1. The molecule has 0 amide bonds. The molecule has 0 aromatic carbocycles. The summed E-state index contributed by atoms with van der Waals surface area (Å²) in [6.45, 7) is 5.03. The van der Waals surface area contributed by atoms with Crippen molar-refractivity contribution in [3.8, 4) is 0 Å². The zero-order valence-corrected chi connectivity index (χ0v) is 13.1. The molecule has 1 saturated heterocycles. The molecule has 1 atom stereocenters. The second-order valence-electron chi connectivity index (χ2n) is 5.29. The summed E-state index contributed by atoms with van der Waals surface area (Å²) in [6.07, 6.45) is 5.18. The van der Waals surface area contributed by atoms with Crippen LogP contribution in [-0.4, -0.2) is 34.3 Å². The van der Waals surface area contributed by atoms with E-state index < -0.39 is 0 Å². The van der Waals surface area contributed by atoms with Crippen LogP contribution in [0.1, 0.15) is 30.5 Å². The van der Waals surface area contributed by atoms with Gasteiger partial charge in [-0.1, -0.05) is 6.92 Å². The van der Waals surface area contributed by atoms with Crippen molar-refractivity contribution in [2.45, 2.75) is 38.8 Å². The summed E-state index contributed by atoms with van der Waals surface area (Å²) in [7, 11) is 0. The fourth-order valence-electron chi connectivity index (χ4n) is 2.76. The van der Waals surface area contributed by atoms with Crippen molar-refractivity contribution in [3.63, 3.8) is 0 Å². The molecular weight excluding hydrogens is 282 g/mol. The van der Waals surface area contributed by atoms with Crippen LogP contribution in [0.25, 0.3) is 0 Å². The van der Waals surface area contributed by atoms with Crippen LogP contribution in [-0.2, 0) is 13.0 Å². The Hall–Kier alpha value is -1.53. The number of nitrogens with zero attached hydrogens (tertiary/aromatic N) is 4. The van der Waals surface area contributed by atoms with Gasteiger partial charge in [-0.25, -0.2) is 4.98 Å². The minimum atomic E-state index is 0.506. The molecule has 112 valence electrons. The van der Waals surface area contributed by atoms with E-state index in [1.54, 1.807) is 17.5 Å². The fourth-order valence-corrected chi connectivity index (χ4v) is 3.50. The van der Waals surface area contributed by atoms with Crippen molar-refractivity contribution < 1.29 is 0 Å². The van der Waals surface area contributed by atoms with Gasteiger partial charge in [0.05, 0.1) is 10.7 Å². The molecule has 0 radical (unpaired) electrons. The van der Waals surface area contributed by atoms with Gasteiger partial charge >= 0.3 is 0 Å². The van der Waals surface area contributed by atoms with Crippen molar-refractivity contribution in [3.05, 3.63) is 34.4 Å². The first-order valence-corrected chi connectivity index (χ1v) is 8.43. The van der Waals surface area contributed by atoms with Crippen LogP contribution < -0.4 is 10.2 Å². The SMILES string of the molecule is CCc1nc(CNC[C@H]2CCCN2c2cccnn2)cs1. The summed E-state index contributed by atoms with van der Waals surface area (Å²) in [4.78, 5) is 6.95. The summed E-state index contributed by atoms with van der Waals surface area (Å²) in [5.41, 5.74) is 1.15. The van der Waals surface area contributed by atoms with Gasteiger partial charge in [-0.2, -0.15) is 5.10 Å². The lowest BCUT2D eigenvalue weighted by molar-refractivity contribution is 0.566. The molecular formula is C15H21N5S. The van der Waals surface area contributed by atoms with E-state index in [0.717, 1.165) is 37.6 Å². The van der Waals surface area contributed by atoms with Crippen molar-refractivity contribution in [2.75, 3.05) is 18.0 Å². The van der Waals surface area contributed by atoms with Crippen LogP contribution in [0, 0.1) is 0 Å². The molecule has 2 aromatic heterocycles. The van der Waals surface area contributed by atoms with E-state index in [2.05, 4.69) is 37.7 Å². The number of thiazole rings is 1. The van der Waals surface area contributed by atoms with Gasteiger partial charge in [0.15, 0.2) is 5.82 Å². The maximum Gasteiger partial charge on any atom is 0.151 e. The molecule has 0 aliphatic carbocycles. The van der Waals surface area contributed by atoms with E-state index in [-0.39, 0.29) is 0 Å². The molecule has 1 fully saturated rings. The molecule has 1 aliphatic rings. The third-order valence-corrected chi connectivity index (χ3v) is 4.86. The Morgan fingerprint density at radius 2 is 2.43 bits per heavy atom. The number of nitrogens with one attached hydrogen (secondary N) is 1. The molecule has 6 heteroatoms. The minimum Gasteiger partial charge on any atom is -0.351 e. The van der Waals surface area contributed by atoms with E-state index in [1.165, 1.54) is 17.8 Å². The summed E-state index contributed by atoms with van der Waals surface area (Å²) in [6, 6.07) is 4.50. The lowest BCUT2D eigenvalue weighted by atomic mass is 10.2. The quantitative estimate of drug-likeness (QED) is 0.887. The Labute approximate surface area is 129 Å². The Kier molecular flexibility index (Phi) is 4.77. The van der Waals surface area contributed by atoms with Gasteiger partial charge in [0.1, 0.15) is 0 Å². The zero-order valence-electron chi connectivity index (χ0n) is 12.3. The average molecular weight is 303 g/mol. The molecule has 5 nitrogen and oxygen atoms in total. The van der Waals surface area contributed by atoms with E-state index in [9.17, 15) is 0 Å². The van der Waals surface area contributed by atoms with Crippen molar-refractivity contribution >= 4 is 17.2 Å². The third-order valence-electron chi connectivity index (χ3n) is 3.82. The molecule has 0 unspecified atom stereocenters. The first-order valence-electron chi connectivity index (χ1n) is 7.55. The van der Waals surface area contributed by atoms with Gasteiger partial charge in [0.25, 0.3) is 0 Å². The average Bonchev–Trinajstić information content (AvgIpc) is 3.17. The van der Waals surface area contributed by atoms with Gasteiger partial charge in [-0.15, -0.1) is 16.4 Å². The van der Waals surface area contributed by atoms with Gasteiger partial charge in [-0.3, -0.25) is 0 Å². The summed E-state index contributed by atoms with van der Waals surface area (Å²) >= 11 is 1.75. The van der Waals surface area contributed by atoms with Crippen LogP contribution in [0.4, 0.5) is 5.82 Å². The lowest BCUT2D eigenvalue weighted by Crippen LogP contribution is -2.38. The first-order chi connectivity index (χ1) is 10.4. The van der Waals surface area contributed by atoms with E-state index >= 15 is 0 Å². The van der Waals surface area contributed by atoms with Crippen molar-refractivity contribution in [1.29, 1.82) is 0 Å². The molecule has 21 heavy (non-hydrogen) atoms. The molecule has 0 spiro atoms. The monoisotopic (exact) mass is 303 g/mol. The number of hydrogen-bond acceptors (Lipinski definition) is 6. The summed E-state index contributed by atoms with van der Waals surface area (Å²) < 4.78 is 0.